The maximum Gasteiger partial charge on any atom is 0.343 e. The molecule has 15 heavy (non-hydrogen) atoms. The molecule has 1 aromatic heterocycles. The number of esters is 1. The van der Waals surface area contributed by atoms with E-state index in [1.54, 1.807) is 6.92 Å². The van der Waals surface area contributed by atoms with Gasteiger partial charge in [0.15, 0.2) is 0 Å². The van der Waals surface area contributed by atoms with Crippen molar-refractivity contribution in [2.45, 2.75) is 11.8 Å². The van der Waals surface area contributed by atoms with Crippen molar-refractivity contribution in [1.29, 1.82) is 0 Å². The van der Waals surface area contributed by atoms with Gasteiger partial charge in [0.05, 0.1) is 12.2 Å². The van der Waals surface area contributed by atoms with Gasteiger partial charge in [0.2, 0.25) is 0 Å². The van der Waals surface area contributed by atoms with Gasteiger partial charge >= 0.3 is 10.8 Å². The Morgan fingerprint density at radius 2 is 2.33 bits per heavy atom. The Balaban J connectivity index is 3.12. The van der Waals surface area contributed by atoms with Gasteiger partial charge in [-0.05, 0) is 35.0 Å². The summed E-state index contributed by atoms with van der Waals surface area (Å²) in [4.78, 5) is 11.4. The molecule has 0 saturated heterocycles. The van der Waals surface area contributed by atoms with Crippen LogP contribution in [0.5, 0.6) is 0 Å². The number of alkyl halides is 3. The summed E-state index contributed by atoms with van der Waals surface area (Å²) in [5.74, 6) is -0.806. The minimum atomic E-state index is -3.34. The van der Waals surface area contributed by atoms with E-state index in [1.807, 2.05) is 0 Å². The second-order valence-corrected chi connectivity index (χ2v) is 3.61. The fourth-order valence-electron chi connectivity index (χ4n) is 1.00. The van der Waals surface area contributed by atoms with E-state index < -0.39 is 16.5 Å². The van der Waals surface area contributed by atoms with Crippen LogP contribution in [0.1, 0.15) is 23.0 Å². The molecular formula is C9H8BrF2NO2. The maximum atomic E-state index is 13.0. The monoisotopic (exact) mass is 279 g/mol. The molecule has 0 aliphatic rings. The molecule has 82 valence electrons. The first kappa shape index (κ1) is 12.0. The van der Waals surface area contributed by atoms with Crippen LogP contribution in [0.25, 0.3) is 0 Å². The Bertz CT molecular complexity index is 365. The standard InChI is InChI=1S/C9H8BrF2NO2/c1-2-15-8(14)6-4-3-5-13-7(6)9(10,11)12/h3-5H,2H2,1H3. The van der Waals surface area contributed by atoms with Crippen molar-refractivity contribution in [1.82, 2.24) is 4.98 Å². The number of carbonyl (C=O) groups is 1. The lowest BCUT2D eigenvalue weighted by atomic mass is 10.2. The Kier molecular flexibility index (Phi) is 3.73. The molecule has 0 N–H and O–H groups in total. The number of hydrogen-bond donors (Lipinski definition) is 0. The van der Waals surface area contributed by atoms with Crippen molar-refractivity contribution in [3.63, 3.8) is 0 Å². The van der Waals surface area contributed by atoms with Crippen LogP contribution in [0.3, 0.4) is 0 Å². The largest absolute Gasteiger partial charge is 0.462 e. The van der Waals surface area contributed by atoms with Gasteiger partial charge in [-0.25, -0.2) is 4.79 Å². The summed E-state index contributed by atoms with van der Waals surface area (Å²) in [6.07, 6.45) is 1.19. The van der Waals surface area contributed by atoms with Gasteiger partial charge in [0.1, 0.15) is 5.69 Å². The predicted molar refractivity (Wildman–Crippen MR) is 53.0 cm³/mol. The summed E-state index contributed by atoms with van der Waals surface area (Å²) >= 11 is 2.15. The third kappa shape index (κ3) is 2.95. The highest BCUT2D eigenvalue weighted by Gasteiger charge is 2.34. The highest BCUT2D eigenvalue weighted by atomic mass is 79.9. The van der Waals surface area contributed by atoms with E-state index >= 15 is 0 Å². The van der Waals surface area contributed by atoms with Gasteiger partial charge < -0.3 is 4.74 Å². The normalized spacial score (nSPS) is 11.2. The molecule has 0 amide bonds. The van der Waals surface area contributed by atoms with Gasteiger partial charge in [0.25, 0.3) is 0 Å². The first-order valence-electron chi connectivity index (χ1n) is 4.16. The van der Waals surface area contributed by atoms with Crippen LogP contribution >= 0.6 is 15.9 Å². The summed E-state index contributed by atoms with van der Waals surface area (Å²) in [5, 5.41) is 0. The average molecular weight is 280 g/mol. The second-order valence-electron chi connectivity index (χ2n) is 2.62. The molecule has 0 aliphatic carbocycles. The van der Waals surface area contributed by atoms with Crippen molar-refractivity contribution in [3.05, 3.63) is 29.6 Å². The number of halogens is 3. The SMILES string of the molecule is CCOC(=O)c1cccnc1C(F)(F)Br. The molecule has 6 heteroatoms. The number of carbonyl (C=O) groups excluding carboxylic acids is 1. The molecule has 0 atom stereocenters. The van der Waals surface area contributed by atoms with E-state index in [-0.39, 0.29) is 12.2 Å². The van der Waals surface area contributed by atoms with Crippen molar-refractivity contribution < 1.29 is 18.3 Å². The number of aromatic nitrogens is 1. The predicted octanol–water partition coefficient (Wildman–Crippen LogP) is 2.70. The molecule has 0 radical (unpaired) electrons. The van der Waals surface area contributed by atoms with E-state index in [2.05, 4.69) is 25.7 Å². The lowest BCUT2D eigenvalue weighted by Crippen LogP contribution is -2.15. The Hall–Kier alpha value is -1.04. The minimum absolute atomic E-state index is 0.126. The van der Waals surface area contributed by atoms with Gasteiger partial charge in [-0.3, -0.25) is 4.98 Å². The zero-order valence-corrected chi connectivity index (χ0v) is 9.42. The van der Waals surface area contributed by atoms with Crippen molar-refractivity contribution in [3.8, 4) is 0 Å². The average Bonchev–Trinajstić information content (AvgIpc) is 2.17. The summed E-state index contributed by atoms with van der Waals surface area (Å²) in [6, 6.07) is 2.64. The molecule has 0 unspecified atom stereocenters. The molecular weight excluding hydrogens is 272 g/mol. The van der Waals surface area contributed by atoms with Gasteiger partial charge in [-0.1, -0.05) is 0 Å². The summed E-state index contributed by atoms with van der Waals surface area (Å²) in [5.41, 5.74) is -0.871. The lowest BCUT2D eigenvalue weighted by Gasteiger charge is -2.11. The molecule has 0 saturated carbocycles. The van der Waals surface area contributed by atoms with Crippen LogP contribution in [0, 0.1) is 0 Å². The Morgan fingerprint density at radius 3 is 2.87 bits per heavy atom. The molecule has 1 aromatic rings. The highest BCUT2D eigenvalue weighted by Crippen LogP contribution is 2.35. The Labute approximate surface area is 93.6 Å². The van der Waals surface area contributed by atoms with E-state index in [9.17, 15) is 13.6 Å². The van der Waals surface area contributed by atoms with Crippen molar-refractivity contribution in [2.75, 3.05) is 6.61 Å². The Morgan fingerprint density at radius 1 is 1.67 bits per heavy atom. The lowest BCUT2D eigenvalue weighted by molar-refractivity contribution is 0.0505. The van der Waals surface area contributed by atoms with Crippen molar-refractivity contribution in [2.24, 2.45) is 0 Å². The third-order valence-electron chi connectivity index (χ3n) is 1.57. The fraction of sp³-hybridized carbons (Fsp3) is 0.333. The molecule has 1 rings (SSSR count). The second kappa shape index (κ2) is 4.65. The van der Waals surface area contributed by atoms with Crippen molar-refractivity contribution >= 4 is 21.9 Å². The summed E-state index contributed by atoms with van der Waals surface area (Å²) in [6.45, 7) is 1.72. The quantitative estimate of drug-likeness (QED) is 0.631. The third-order valence-corrected chi connectivity index (χ3v) is 1.95. The molecule has 0 bridgehead atoms. The summed E-state index contributed by atoms with van der Waals surface area (Å²) in [7, 11) is 0. The van der Waals surface area contributed by atoms with Crippen LogP contribution in [0.2, 0.25) is 0 Å². The molecule has 0 aliphatic heterocycles. The van der Waals surface area contributed by atoms with E-state index in [0.29, 0.717) is 0 Å². The molecule has 0 aromatic carbocycles. The van der Waals surface area contributed by atoms with Gasteiger partial charge in [-0.15, -0.1) is 0 Å². The van der Waals surface area contributed by atoms with E-state index in [1.165, 1.54) is 18.3 Å². The number of rotatable bonds is 3. The summed E-state index contributed by atoms with van der Waals surface area (Å²) < 4.78 is 30.6. The van der Waals surface area contributed by atoms with Crippen LogP contribution in [0.4, 0.5) is 8.78 Å². The van der Waals surface area contributed by atoms with Gasteiger partial charge in [0, 0.05) is 6.20 Å². The van der Waals surface area contributed by atoms with Crippen LogP contribution < -0.4 is 0 Å². The number of hydrogen-bond acceptors (Lipinski definition) is 3. The molecule has 1 heterocycles. The fourth-order valence-corrected chi connectivity index (χ4v) is 1.32. The molecule has 0 fully saturated rings. The van der Waals surface area contributed by atoms with Crippen LogP contribution in [-0.4, -0.2) is 17.6 Å². The number of nitrogens with zero attached hydrogens (tertiary/aromatic N) is 1. The molecule has 0 spiro atoms. The minimum Gasteiger partial charge on any atom is -0.462 e. The maximum absolute atomic E-state index is 13.0. The van der Waals surface area contributed by atoms with Gasteiger partial charge in [-0.2, -0.15) is 8.78 Å². The molecule has 3 nitrogen and oxygen atoms in total. The zero-order chi connectivity index (χ0) is 11.5. The smallest absolute Gasteiger partial charge is 0.343 e. The van der Waals surface area contributed by atoms with Crippen LogP contribution in [0.15, 0.2) is 18.3 Å². The van der Waals surface area contributed by atoms with E-state index in [0.717, 1.165) is 0 Å². The first-order chi connectivity index (χ1) is 6.96. The number of ether oxygens (including phenoxy) is 1. The first-order valence-corrected chi connectivity index (χ1v) is 4.95. The number of pyridine rings is 1. The van der Waals surface area contributed by atoms with E-state index in [4.69, 9.17) is 0 Å². The zero-order valence-electron chi connectivity index (χ0n) is 7.84. The topological polar surface area (TPSA) is 39.2 Å². The van der Waals surface area contributed by atoms with Crippen LogP contribution in [-0.2, 0) is 9.57 Å². The highest BCUT2D eigenvalue weighted by molar-refractivity contribution is 9.09.